The van der Waals surface area contributed by atoms with Crippen LogP contribution in [0.25, 0.3) is 0 Å². The second-order valence-corrected chi connectivity index (χ2v) is 7.84. The summed E-state index contributed by atoms with van der Waals surface area (Å²) in [6.45, 7) is 8.31. The maximum Gasteiger partial charge on any atom is 0.169 e. The van der Waals surface area contributed by atoms with Crippen LogP contribution in [0.1, 0.15) is 31.3 Å². The first-order valence-corrected chi connectivity index (χ1v) is 10.2. The van der Waals surface area contributed by atoms with Crippen molar-refractivity contribution >= 4 is 5.69 Å². The Bertz CT molecular complexity index is 918. The Labute approximate surface area is 170 Å². The Balaban J connectivity index is 1.50. The number of piperazine rings is 1. The van der Waals surface area contributed by atoms with Crippen LogP contribution in [0.2, 0.25) is 0 Å². The fourth-order valence-electron chi connectivity index (χ4n) is 4.12. The van der Waals surface area contributed by atoms with Crippen LogP contribution in [-0.2, 0) is 6.54 Å². The van der Waals surface area contributed by atoms with Crippen LogP contribution in [0.4, 0.5) is 10.1 Å². The average Bonchev–Trinajstić information content (AvgIpc) is 3.17. The van der Waals surface area contributed by atoms with Crippen LogP contribution in [0.5, 0.6) is 0 Å². The van der Waals surface area contributed by atoms with Gasteiger partial charge in [-0.2, -0.15) is 0 Å². The van der Waals surface area contributed by atoms with E-state index < -0.39 is 0 Å². The van der Waals surface area contributed by atoms with Crippen LogP contribution in [0, 0.1) is 11.7 Å². The van der Waals surface area contributed by atoms with E-state index in [9.17, 15) is 4.39 Å². The molecule has 4 rings (SSSR count). The molecule has 7 heteroatoms. The van der Waals surface area contributed by atoms with E-state index in [0.29, 0.717) is 18.2 Å². The number of tetrazole rings is 1. The summed E-state index contributed by atoms with van der Waals surface area (Å²) in [5.74, 6) is 1.09. The summed E-state index contributed by atoms with van der Waals surface area (Å²) in [6, 6.07) is 17.4. The van der Waals surface area contributed by atoms with E-state index in [2.05, 4.69) is 51.3 Å². The topological polar surface area (TPSA) is 50.1 Å². The Morgan fingerprint density at radius 1 is 0.931 bits per heavy atom. The van der Waals surface area contributed by atoms with Gasteiger partial charge in [-0.3, -0.25) is 4.90 Å². The van der Waals surface area contributed by atoms with Crippen LogP contribution in [0.15, 0.2) is 54.6 Å². The van der Waals surface area contributed by atoms with Crippen molar-refractivity contribution in [2.24, 2.45) is 5.92 Å². The molecule has 1 aliphatic rings. The molecule has 6 nitrogen and oxygen atoms in total. The molecule has 0 radical (unpaired) electrons. The van der Waals surface area contributed by atoms with Crippen LogP contribution >= 0.6 is 0 Å². The van der Waals surface area contributed by atoms with Crippen molar-refractivity contribution in [1.82, 2.24) is 25.1 Å². The van der Waals surface area contributed by atoms with Crippen LogP contribution in [0.3, 0.4) is 0 Å². The molecule has 1 aliphatic heterocycles. The van der Waals surface area contributed by atoms with Gasteiger partial charge in [-0.05, 0) is 34.0 Å². The molecule has 152 valence electrons. The number of benzene rings is 2. The standard InChI is InChI=1S/C22H27FN6/c1-17(2)21(22-24-25-26-29(22)16-18-8-4-3-5-9-18)28-14-12-27(13-15-28)20-11-7-6-10-19(20)23/h3-11,17,21H,12-16H2,1-2H3. The van der Waals surface area contributed by atoms with Gasteiger partial charge in [0.05, 0.1) is 18.3 Å². The maximum atomic E-state index is 14.2. The Hall–Kier alpha value is -2.80. The van der Waals surface area contributed by atoms with Gasteiger partial charge in [0.1, 0.15) is 5.82 Å². The normalized spacial score (nSPS) is 16.3. The molecule has 1 saturated heterocycles. The van der Waals surface area contributed by atoms with Crippen molar-refractivity contribution in [2.45, 2.75) is 26.4 Å². The fourth-order valence-corrected chi connectivity index (χ4v) is 4.12. The van der Waals surface area contributed by atoms with Crippen LogP contribution in [-0.4, -0.2) is 51.3 Å². The van der Waals surface area contributed by atoms with E-state index in [0.717, 1.165) is 32.0 Å². The first-order chi connectivity index (χ1) is 14.1. The molecule has 0 spiro atoms. The lowest BCUT2D eigenvalue weighted by atomic mass is 10.0. The monoisotopic (exact) mass is 394 g/mol. The number of anilines is 1. The minimum absolute atomic E-state index is 0.122. The number of aromatic nitrogens is 4. The van der Waals surface area contributed by atoms with Crippen molar-refractivity contribution in [3.05, 3.63) is 71.8 Å². The quantitative estimate of drug-likeness (QED) is 0.642. The number of halogens is 1. The number of nitrogens with zero attached hydrogens (tertiary/aromatic N) is 6. The van der Waals surface area contributed by atoms with Gasteiger partial charge in [0, 0.05) is 26.2 Å². The van der Waals surface area contributed by atoms with Crippen molar-refractivity contribution in [2.75, 3.05) is 31.1 Å². The maximum absolute atomic E-state index is 14.2. The second kappa shape index (κ2) is 8.69. The van der Waals surface area contributed by atoms with Crippen molar-refractivity contribution < 1.29 is 4.39 Å². The summed E-state index contributed by atoms with van der Waals surface area (Å²) in [5, 5.41) is 12.6. The highest BCUT2D eigenvalue weighted by Crippen LogP contribution is 2.29. The Morgan fingerprint density at radius 3 is 2.31 bits per heavy atom. The van der Waals surface area contributed by atoms with Crippen molar-refractivity contribution in [3.63, 3.8) is 0 Å². The molecule has 1 unspecified atom stereocenters. The molecule has 0 amide bonds. The molecule has 1 atom stereocenters. The van der Waals surface area contributed by atoms with Gasteiger partial charge in [0.2, 0.25) is 0 Å². The zero-order valence-electron chi connectivity index (χ0n) is 16.9. The van der Waals surface area contributed by atoms with E-state index >= 15 is 0 Å². The smallest absolute Gasteiger partial charge is 0.169 e. The van der Waals surface area contributed by atoms with E-state index in [-0.39, 0.29) is 11.9 Å². The van der Waals surface area contributed by atoms with Gasteiger partial charge in [0.25, 0.3) is 0 Å². The summed E-state index contributed by atoms with van der Waals surface area (Å²) < 4.78 is 16.1. The van der Waals surface area contributed by atoms with Crippen molar-refractivity contribution in [3.8, 4) is 0 Å². The average molecular weight is 394 g/mol. The van der Waals surface area contributed by atoms with E-state index in [1.54, 1.807) is 6.07 Å². The van der Waals surface area contributed by atoms with E-state index in [1.165, 1.54) is 11.6 Å². The third-order valence-electron chi connectivity index (χ3n) is 5.53. The number of hydrogen-bond donors (Lipinski definition) is 0. The van der Waals surface area contributed by atoms with Gasteiger partial charge in [-0.1, -0.05) is 56.3 Å². The van der Waals surface area contributed by atoms with E-state index in [1.807, 2.05) is 35.0 Å². The molecule has 0 N–H and O–H groups in total. The molecule has 0 saturated carbocycles. The molecule has 29 heavy (non-hydrogen) atoms. The highest BCUT2D eigenvalue weighted by atomic mass is 19.1. The fraction of sp³-hybridized carbons (Fsp3) is 0.409. The number of rotatable bonds is 6. The molecule has 1 fully saturated rings. The number of hydrogen-bond acceptors (Lipinski definition) is 5. The predicted octanol–water partition coefficient (Wildman–Crippen LogP) is 3.38. The van der Waals surface area contributed by atoms with Gasteiger partial charge in [-0.15, -0.1) is 5.10 Å². The summed E-state index contributed by atoms with van der Waals surface area (Å²) in [7, 11) is 0. The third kappa shape index (κ3) is 4.29. The minimum Gasteiger partial charge on any atom is -0.367 e. The molecule has 2 heterocycles. The first-order valence-electron chi connectivity index (χ1n) is 10.2. The minimum atomic E-state index is -0.159. The molecule has 0 aliphatic carbocycles. The van der Waals surface area contributed by atoms with Gasteiger partial charge in [0.15, 0.2) is 5.82 Å². The first kappa shape index (κ1) is 19.5. The Kier molecular flexibility index (Phi) is 5.85. The number of para-hydroxylation sites is 1. The largest absolute Gasteiger partial charge is 0.367 e. The molecule has 0 bridgehead atoms. The zero-order valence-corrected chi connectivity index (χ0v) is 16.9. The molecule has 2 aromatic carbocycles. The van der Waals surface area contributed by atoms with Gasteiger partial charge >= 0.3 is 0 Å². The highest BCUT2D eigenvalue weighted by Gasteiger charge is 2.31. The van der Waals surface area contributed by atoms with Gasteiger partial charge < -0.3 is 4.90 Å². The van der Waals surface area contributed by atoms with Gasteiger partial charge in [-0.25, -0.2) is 9.07 Å². The summed E-state index contributed by atoms with van der Waals surface area (Å²) in [6.07, 6.45) is 0. The molecule has 1 aromatic heterocycles. The lowest BCUT2D eigenvalue weighted by molar-refractivity contribution is 0.135. The summed E-state index contributed by atoms with van der Waals surface area (Å²) >= 11 is 0. The summed E-state index contributed by atoms with van der Waals surface area (Å²) in [4.78, 5) is 4.55. The zero-order chi connectivity index (χ0) is 20.2. The highest BCUT2D eigenvalue weighted by molar-refractivity contribution is 5.48. The molecular weight excluding hydrogens is 367 g/mol. The summed E-state index contributed by atoms with van der Waals surface area (Å²) in [5.41, 5.74) is 1.86. The van der Waals surface area contributed by atoms with Crippen LogP contribution < -0.4 is 4.90 Å². The lowest BCUT2D eigenvalue weighted by Gasteiger charge is -2.41. The molecule has 3 aromatic rings. The SMILES string of the molecule is CC(C)C(c1nnnn1Cc1ccccc1)N1CCN(c2ccccc2F)CC1. The molecular formula is C22H27FN6. The lowest BCUT2D eigenvalue weighted by Crippen LogP contribution is -2.49. The second-order valence-electron chi connectivity index (χ2n) is 7.84. The predicted molar refractivity (Wildman–Crippen MR) is 111 cm³/mol. The van der Waals surface area contributed by atoms with E-state index in [4.69, 9.17) is 0 Å². The Morgan fingerprint density at radius 2 is 1.62 bits per heavy atom. The van der Waals surface area contributed by atoms with Crippen molar-refractivity contribution in [1.29, 1.82) is 0 Å². The third-order valence-corrected chi connectivity index (χ3v) is 5.53.